The molecule has 0 saturated heterocycles. The molecule has 1 unspecified atom stereocenters. The zero-order chi connectivity index (χ0) is 47.1. The van der Waals surface area contributed by atoms with E-state index in [4.69, 9.17) is 9.05 Å². The van der Waals surface area contributed by atoms with E-state index in [9.17, 15) is 19.4 Å². The molecule has 0 radical (unpaired) electrons. The Morgan fingerprint density at radius 2 is 0.844 bits per heavy atom. The molecular weight excluding hydrogens is 816 g/mol. The summed E-state index contributed by atoms with van der Waals surface area (Å²) in [4.78, 5) is 25.3. The number of aliphatic hydroxyl groups is 1. The van der Waals surface area contributed by atoms with E-state index in [-0.39, 0.29) is 19.1 Å². The number of unbranched alkanes of at least 4 members (excludes halogenated alkanes) is 39. The van der Waals surface area contributed by atoms with Crippen LogP contribution in [0.5, 0.6) is 0 Å². The number of aliphatic hydroxyl groups excluding tert-OH is 1. The highest BCUT2D eigenvalue weighted by Crippen LogP contribution is 2.38. The number of nitrogens with zero attached hydrogens (tertiary/aromatic N) is 1. The molecule has 64 heavy (non-hydrogen) atoms. The molecule has 0 bridgehead atoms. The fraction of sp³-hybridized carbons (Fsp3) is 0.945. The van der Waals surface area contributed by atoms with Gasteiger partial charge in [-0.15, -0.1) is 0 Å². The van der Waals surface area contributed by atoms with Gasteiger partial charge >= 0.3 is 0 Å². The van der Waals surface area contributed by atoms with Crippen molar-refractivity contribution in [3.05, 3.63) is 12.2 Å². The van der Waals surface area contributed by atoms with Gasteiger partial charge in [0, 0.05) is 6.42 Å². The number of quaternary nitrogens is 1. The lowest BCUT2D eigenvalue weighted by molar-refractivity contribution is -0.870. The summed E-state index contributed by atoms with van der Waals surface area (Å²) in [6.45, 7) is 4.66. The first-order valence-electron chi connectivity index (χ1n) is 28.1. The van der Waals surface area contributed by atoms with Crippen LogP contribution in [0.1, 0.15) is 284 Å². The Bertz CT molecular complexity index is 1050. The van der Waals surface area contributed by atoms with Crippen molar-refractivity contribution in [2.45, 2.75) is 296 Å². The molecule has 2 N–H and O–H groups in total. The SMILES string of the molecule is CCCCCCCCCC/C=C/[C@@H](O)[C@H](COP(=O)([O-])OCC[N+](C)(C)C)NC(=O)CCCCCCCCCCCCCCCCCCCCCCCCCCCCCCCCCC. The van der Waals surface area contributed by atoms with Crippen molar-refractivity contribution < 1.29 is 32.9 Å². The maximum absolute atomic E-state index is 12.9. The molecule has 0 saturated carbocycles. The van der Waals surface area contributed by atoms with Crippen LogP contribution in [0.3, 0.4) is 0 Å². The zero-order valence-corrected chi connectivity index (χ0v) is 44.4. The summed E-state index contributed by atoms with van der Waals surface area (Å²) in [5.41, 5.74) is 0. The Labute approximate surface area is 399 Å². The van der Waals surface area contributed by atoms with E-state index in [1.54, 1.807) is 6.08 Å². The number of hydrogen-bond acceptors (Lipinski definition) is 6. The maximum atomic E-state index is 12.9. The third-order valence-corrected chi connectivity index (χ3v) is 14.0. The first-order valence-corrected chi connectivity index (χ1v) is 29.5. The van der Waals surface area contributed by atoms with Crippen molar-refractivity contribution in [1.29, 1.82) is 0 Å². The minimum absolute atomic E-state index is 0.00206. The molecule has 0 spiro atoms. The molecule has 1 amide bonds. The minimum Gasteiger partial charge on any atom is -0.756 e. The second-order valence-corrected chi connectivity index (χ2v) is 22.1. The zero-order valence-electron chi connectivity index (χ0n) is 43.5. The largest absolute Gasteiger partial charge is 0.756 e. The number of phosphoric acid groups is 1. The van der Waals surface area contributed by atoms with Crippen molar-refractivity contribution >= 4 is 13.7 Å². The molecule has 9 heteroatoms. The highest BCUT2D eigenvalue weighted by Gasteiger charge is 2.23. The molecule has 0 rings (SSSR count). The summed E-state index contributed by atoms with van der Waals surface area (Å²) in [7, 11) is 1.27. The van der Waals surface area contributed by atoms with Gasteiger partial charge in [-0.05, 0) is 19.3 Å². The molecule has 3 atom stereocenters. The third kappa shape index (κ3) is 49.2. The quantitative estimate of drug-likeness (QED) is 0.0272. The molecule has 0 aromatic carbocycles. The van der Waals surface area contributed by atoms with Crippen LogP contribution in [0.2, 0.25) is 0 Å². The topological polar surface area (TPSA) is 108 Å². The van der Waals surface area contributed by atoms with Crippen LogP contribution in [0.25, 0.3) is 0 Å². The third-order valence-electron chi connectivity index (χ3n) is 13.0. The van der Waals surface area contributed by atoms with Gasteiger partial charge in [-0.1, -0.05) is 270 Å². The fourth-order valence-corrected chi connectivity index (χ4v) is 9.29. The molecule has 382 valence electrons. The number of likely N-dealkylation sites (N-methyl/N-ethyl adjacent to an activating group) is 1. The molecule has 0 aliphatic heterocycles. The van der Waals surface area contributed by atoms with E-state index in [0.29, 0.717) is 17.4 Å². The van der Waals surface area contributed by atoms with Crippen LogP contribution in [0.4, 0.5) is 0 Å². The van der Waals surface area contributed by atoms with E-state index in [1.807, 2.05) is 27.2 Å². The number of phosphoric ester groups is 1. The van der Waals surface area contributed by atoms with Gasteiger partial charge in [0.2, 0.25) is 5.91 Å². The van der Waals surface area contributed by atoms with E-state index in [2.05, 4.69) is 19.2 Å². The average Bonchev–Trinajstić information content (AvgIpc) is 3.25. The molecule has 0 aliphatic rings. The number of amides is 1. The van der Waals surface area contributed by atoms with Crippen LogP contribution in [0.15, 0.2) is 12.2 Å². The summed E-state index contributed by atoms with van der Waals surface area (Å²) in [5, 5.41) is 13.8. The Balaban J connectivity index is 3.91. The van der Waals surface area contributed by atoms with Gasteiger partial charge in [0.15, 0.2) is 0 Å². The monoisotopic (exact) mass is 927 g/mol. The van der Waals surface area contributed by atoms with Crippen molar-refractivity contribution in [3.63, 3.8) is 0 Å². The van der Waals surface area contributed by atoms with Crippen LogP contribution in [-0.2, 0) is 18.4 Å². The molecule has 0 fully saturated rings. The number of carbonyl (C=O) groups is 1. The van der Waals surface area contributed by atoms with E-state index >= 15 is 0 Å². The Morgan fingerprint density at radius 1 is 0.531 bits per heavy atom. The fourth-order valence-electron chi connectivity index (χ4n) is 8.57. The van der Waals surface area contributed by atoms with Gasteiger partial charge in [0.05, 0.1) is 39.9 Å². The van der Waals surface area contributed by atoms with Gasteiger partial charge < -0.3 is 28.8 Å². The summed E-state index contributed by atoms with van der Waals surface area (Å²) in [6, 6.07) is -0.880. The lowest BCUT2D eigenvalue weighted by atomic mass is 10.0. The minimum atomic E-state index is -4.58. The lowest BCUT2D eigenvalue weighted by Crippen LogP contribution is -2.45. The first kappa shape index (κ1) is 63.2. The molecular formula is C55H111N2O6P. The molecule has 0 heterocycles. The van der Waals surface area contributed by atoms with Crippen molar-refractivity contribution in [2.75, 3.05) is 40.9 Å². The predicted molar refractivity (Wildman–Crippen MR) is 275 cm³/mol. The second kappa shape index (κ2) is 47.3. The number of nitrogens with one attached hydrogen (secondary N) is 1. The van der Waals surface area contributed by atoms with Gasteiger partial charge in [-0.2, -0.15) is 0 Å². The van der Waals surface area contributed by atoms with E-state index in [1.165, 1.54) is 225 Å². The van der Waals surface area contributed by atoms with E-state index in [0.717, 1.165) is 38.5 Å². The van der Waals surface area contributed by atoms with Crippen LogP contribution in [0, 0.1) is 0 Å². The second-order valence-electron chi connectivity index (χ2n) is 20.7. The number of carbonyl (C=O) groups excluding carboxylic acids is 1. The predicted octanol–water partition coefficient (Wildman–Crippen LogP) is 16.0. The highest BCUT2D eigenvalue weighted by molar-refractivity contribution is 7.45. The molecule has 0 aromatic heterocycles. The van der Waals surface area contributed by atoms with E-state index < -0.39 is 20.0 Å². The Hall–Kier alpha value is -0.760. The van der Waals surface area contributed by atoms with Crippen molar-refractivity contribution in [3.8, 4) is 0 Å². The van der Waals surface area contributed by atoms with Gasteiger partial charge in [-0.25, -0.2) is 0 Å². The number of hydrogen-bond donors (Lipinski definition) is 2. The van der Waals surface area contributed by atoms with Gasteiger partial charge in [0.1, 0.15) is 13.2 Å². The lowest BCUT2D eigenvalue weighted by Gasteiger charge is -2.29. The normalized spacial score (nSPS) is 14.0. The number of allylic oxidation sites excluding steroid dienone is 1. The summed E-state index contributed by atoms with van der Waals surface area (Å²) < 4.78 is 23.2. The van der Waals surface area contributed by atoms with Crippen molar-refractivity contribution in [1.82, 2.24) is 5.32 Å². The maximum Gasteiger partial charge on any atom is 0.268 e. The summed E-state index contributed by atoms with van der Waals surface area (Å²) >= 11 is 0. The average molecular weight is 927 g/mol. The van der Waals surface area contributed by atoms with Crippen LogP contribution >= 0.6 is 7.82 Å². The smallest absolute Gasteiger partial charge is 0.268 e. The molecule has 0 aromatic rings. The van der Waals surface area contributed by atoms with Crippen LogP contribution < -0.4 is 10.2 Å². The standard InChI is InChI=1S/C55H111N2O6P/c1-6-8-10-12-14-16-18-19-20-21-22-23-24-25-26-27-28-29-30-31-32-33-34-35-36-37-38-39-41-43-45-47-49-55(59)56-53(52-63-64(60,61)62-51-50-57(3,4)5)54(58)48-46-44-42-40-17-15-13-11-9-7-2/h46,48,53-54,58H,6-45,47,49-52H2,1-5H3,(H-,56,59,60,61)/b48-46+/t53-,54+/m0/s1. The molecule has 8 nitrogen and oxygen atoms in total. The summed E-state index contributed by atoms with van der Waals surface area (Å²) in [5.74, 6) is -0.193. The Morgan fingerprint density at radius 3 is 1.17 bits per heavy atom. The van der Waals surface area contributed by atoms with Crippen molar-refractivity contribution in [2.24, 2.45) is 0 Å². The Kier molecular flexibility index (Phi) is 46.8. The van der Waals surface area contributed by atoms with Gasteiger partial charge in [-0.3, -0.25) is 9.36 Å². The number of rotatable bonds is 52. The highest BCUT2D eigenvalue weighted by atomic mass is 31.2. The van der Waals surface area contributed by atoms with Gasteiger partial charge in [0.25, 0.3) is 7.82 Å². The summed E-state index contributed by atoms with van der Waals surface area (Å²) in [6.07, 6.45) is 57.4. The molecule has 0 aliphatic carbocycles. The first-order chi connectivity index (χ1) is 31.0. The van der Waals surface area contributed by atoms with Crippen LogP contribution in [-0.4, -0.2) is 68.5 Å².